The van der Waals surface area contributed by atoms with Gasteiger partial charge in [-0.2, -0.15) is 0 Å². The molecule has 1 fully saturated rings. The predicted molar refractivity (Wildman–Crippen MR) is 50.8 cm³/mol. The molecule has 1 aliphatic carbocycles. The van der Waals surface area contributed by atoms with Crippen LogP contribution in [0.4, 0.5) is 0 Å². The van der Waals surface area contributed by atoms with Gasteiger partial charge in [0.2, 0.25) is 5.88 Å². The number of aliphatic hydroxyl groups excluding tert-OH is 1. The normalized spacial score (nSPS) is 15.5. The van der Waals surface area contributed by atoms with Crippen LogP contribution in [0.15, 0.2) is 12.4 Å². The first kappa shape index (κ1) is 9.40. The third-order valence-corrected chi connectivity index (χ3v) is 2.30. The zero-order chi connectivity index (χ0) is 9.80. The second-order valence-electron chi connectivity index (χ2n) is 3.59. The van der Waals surface area contributed by atoms with E-state index < -0.39 is 0 Å². The van der Waals surface area contributed by atoms with Crippen molar-refractivity contribution < 1.29 is 9.84 Å². The molecule has 76 valence electrons. The molecule has 0 radical (unpaired) electrons. The molecule has 1 N–H and O–H groups in total. The molecule has 2 rings (SSSR count). The maximum atomic E-state index is 8.83. The Morgan fingerprint density at radius 2 is 2.29 bits per heavy atom. The maximum Gasteiger partial charge on any atom is 0.232 e. The minimum Gasteiger partial charge on any atom is -0.477 e. The van der Waals surface area contributed by atoms with E-state index in [-0.39, 0.29) is 6.61 Å². The van der Waals surface area contributed by atoms with Crippen molar-refractivity contribution in [1.29, 1.82) is 0 Å². The van der Waals surface area contributed by atoms with Gasteiger partial charge in [0.05, 0.1) is 31.3 Å². The third-order valence-electron chi connectivity index (χ3n) is 2.30. The van der Waals surface area contributed by atoms with Crippen LogP contribution in [0.5, 0.6) is 5.88 Å². The average Bonchev–Trinajstić information content (AvgIpc) is 3.02. The number of hydrogen-bond acceptors (Lipinski definition) is 4. The number of nitrogens with zero attached hydrogens (tertiary/aromatic N) is 2. The van der Waals surface area contributed by atoms with E-state index in [1.54, 1.807) is 6.20 Å². The third kappa shape index (κ3) is 2.67. The van der Waals surface area contributed by atoms with Crippen LogP contribution in [-0.4, -0.2) is 21.7 Å². The summed E-state index contributed by atoms with van der Waals surface area (Å²) in [6.07, 6.45) is 6.89. The van der Waals surface area contributed by atoms with Crippen LogP contribution in [0.25, 0.3) is 0 Å². The summed E-state index contributed by atoms with van der Waals surface area (Å²) < 4.78 is 5.41. The van der Waals surface area contributed by atoms with Crippen molar-refractivity contribution in [1.82, 2.24) is 9.97 Å². The Hall–Kier alpha value is -1.16. The van der Waals surface area contributed by atoms with Crippen molar-refractivity contribution in [2.45, 2.75) is 25.9 Å². The fraction of sp³-hybridized carbons (Fsp3) is 0.600. The molecule has 0 spiro atoms. The Bertz CT molecular complexity index is 300. The molecule has 1 aromatic rings. The lowest BCUT2D eigenvalue weighted by molar-refractivity contribution is 0.264. The number of aliphatic hydroxyl groups is 1. The molecular formula is C10H14N2O2. The van der Waals surface area contributed by atoms with Crippen molar-refractivity contribution in [2.24, 2.45) is 5.92 Å². The lowest BCUT2D eigenvalue weighted by Crippen LogP contribution is -2.02. The molecule has 1 aliphatic rings. The van der Waals surface area contributed by atoms with Crippen molar-refractivity contribution in [2.75, 3.05) is 6.61 Å². The fourth-order valence-corrected chi connectivity index (χ4v) is 1.27. The van der Waals surface area contributed by atoms with Crippen LogP contribution in [0.3, 0.4) is 0 Å². The first-order valence-corrected chi connectivity index (χ1v) is 4.93. The maximum absolute atomic E-state index is 8.83. The number of rotatable bonds is 5. The van der Waals surface area contributed by atoms with E-state index in [1.165, 1.54) is 19.0 Å². The molecule has 0 saturated heterocycles. The van der Waals surface area contributed by atoms with Crippen LogP contribution in [0.1, 0.15) is 25.0 Å². The summed E-state index contributed by atoms with van der Waals surface area (Å²) >= 11 is 0. The van der Waals surface area contributed by atoms with Gasteiger partial charge >= 0.3 is 0 Å². The van der Waals surface area contributed by atoms with Crippen molar-refractivity contribution in [3.8, 4) is 5.88 Å². The van der Waals surface area contributed by atoms with Gasteiger partial charge in [-0.1, -0.05) is 12.8 Å². The molecular weight excluding hydrogens is 180 g/mol. The second-order valence-corrected chi connectivity index (χ2v) is 3.59. The van der Waals surface area contributed by atoms with Gasteiger partial charge in [0.15, 0.2) is 0 Å². The Balaban J connectivity index is 1.81. The molecule has 4 heteroatoms. The van der Waals surface area contributed by atoms with Gasteiger partial charge in [-0.25, -0.2) is 4.98 Å². The van der Waals surface area contributed by atoms with Crippen molar-refractivity contribution in [3.05, 3.63) is 18.1 Å². The molecule has 0 unspecified atom stereocenters. The van der Waals surface area contributed by atoms with Gasteiger partial charge in [-0.15, -0.1) is 0 Å². The van der Waals surface area contributed by atoms with Crippen molar-refractivity contribution >= 4 is 0 Å². The van der Waals surface area contributed by atoms with Gasteiger partial charge in [-0.3, -0.25) is 4.98 Å². The first-order chi connectivity index (χ1) is 6.88. The number of ether oxygens (including phenoxy) is 1. The molecule has 1 aromatic heterocycles. The SMILES string of the molecule is OCc1cncc(OCCC2CC2)n1. The number of hydrogen-bond donors (Lipinski definition) is 1. The summed E-state index contributed by atoms with van der Waals surface area (Å²) in [6, 6.07) is 0. The average molecular weight is 194 g/mol. The van der Waals surface area contributed by atoms with Crippen LogP contribution in [0.2, 0.25) is 0 Å². The summed E-state index contributed by atoms with van der Waals surface area (Å²) in [5, 5.41) is 8.83. The van der Waals surface area contributed by atoms with E-state index in [4.69, 9.17) is 9.84 Å². The number of aromatic nitrogens is 2. The van der Waals surface area contributed by atoms with E-state index in [2.05, 4.69) is 9.97 Å². The van der Waals surface area contributed by atoms with Crippen LogP contribution >= 0.6 is 0 Å². The van der Waals surface area contributed by atoms with Crippen molar-refractivity contribution in [3.63, 3.8) is 0 Å². The van der Waals surface area contributed by atoms with Gasteiger partial charge in [0.1, 0.15) is 0 Å². The standard InChI is InChI=1S/C10H14N2O2/c13-7-9-5-11-6-10(12-9)14-4-3-8-1-2-8/h5-6,8,13H,1-4,7H2. The first-order valence-electron chi connectivity index (χ1n) is 4.93. The topological polar surface area (TPSA) is 55.2 Å². The summed E-state index contributed by atoms with van der Waals surface area (Å²) in [5.74, 6) is 1.38. The quantitative estimate of drug-likeness (QED) is 0.763. The summed E-state index contributed by atoms with van der Waals surface area (Å²) in [7, 11) is 0. The molecule has 0 amide bonds. The predicted octanol–water partition coefficient (Wildman–Crippen LogP) is 1.15. The molecule has 0 bridgehead atoms. The highest BCUT2D eigenvalue weighted by atomic mass is 16.5. The van der Waals surface area contributed by atoms with Gasteiger partial charge < -0.3 is 9.84 Å². The summed E-state index contributed by atoms with van der Waals surface area (Å²) in [5.41, 5.74) is 0.550. The zero-order valence-electron chi connectivity index (χ0n) is 8.02. The van der Waals surface area contributed by atoms with E-state index in [1.807, 2.05) is 0 Å². The van der Waals surface area contributed by atoms with E-state index in [0.717, 1.165) is 12.3 Å². The summed E-state index contributed by atoms with van der Waals surface area (Å²) in [6.45, 7) is 0.612. The molecule has 0 aliphatic heterocycles. The lowest BCUT2D eigenvalue weighted by Gasteiger charge is -2.04. The lowest BCUT2D eigenvalue weighted by atomic mass is 10.3. The molecule has 1 saturated carbocycles. The van der Waals surface area contributed by atoms with E-state index >= 15 is 0 Å². The largest absolute Gasteiger partial charge is 0.477 e. The minimum absolute atomic E-state index is 0.0905. The molecule has 14 heavy (non-hydrogen) atoms. The van der Waals surface area contributed by atoms with E-state index in [0.29, 0.717) is 18.2 Å². The zero-order valence-corrected chi connectivity index (χ0v) is 8.02. The monoisotopic (exact) mass is 194 g/mol. The molecule has 0 aromatic carbocycles. The van der Waals surface area contributed by atoms with Crippen LogP contribution in [-0.2, 0) is 6.61 Å². The Labute approximate surface area is 83.0 Å². The van der Waals surface area contributed by atoms with Gasteiger partial charge in [-0.05, 0) is 12.3 Å². The fourth-order valence-electron chi connectivity index (χ4n) is 1.27. The van der Waals surface area contributed by atoms with Gasteiger partial charge in [0, 0.05) is 0 Å². The molecule has 1 heterocycles. The smallest absolute Gasteiger partial charge is 0.232 e. The Morgan fingerprint density at radius 3 is 3.00 bits per heavy atom. The highest BCUT2D eigenvalue weighted by molar-refractivity contribution is 5.07. The summed E-state index contributed by atoms with van der Waals surface area (Å²) in [4.78, 5) is 8.00. The Kier molecular flexibility index (Phi) is 2.93. The van der Waals surface area contributed by atoms with Crippen LogP contribution < -0.4 is 4.74 Å². The molecule has 0 atom stereocenters. The van der Waals surface area contributed by atoms with Crippen LogP contribution in [0, 0.1) is 5.92 Å². The second kappa shape index (κ2) is 4.37. The minimum atomic E-state index is -0.0905. The van der Waals surface area contributed by atoms with E-state index in [9.17, 15) is 0 Å². The highest BCUT2D eigenvalue weighted by Crippen LogP contribution is 2.32. The Morgan fingerprint density at radius 1 is 1.43 bits per heavy atom. The highest BCUT2D eigenvalue weighted by Gasteiger charge is 2.20. The molecule has 4 nitrogen and oxygen atoms in total. The van der Waals surface area contributed by atoms with Gasteiger partial charge in [0.25, 0.3) is 0 Å².